The SMILES string of the molecule is CC(C)[C@H](NC(=O)C1CCN(S(=O)(=O)c2cc(F)ccc2F)CC1)c1nc2ccccc2[nH]1. The highest BCUT2D eigenvalue weighted by Gasteiger charge is 2.35. The van der Waals surface area contributed by atoms with Crippen molar-refractivity contribution in [2.24, 2.45) is 11.8 Å². The average Bonchev–Trinajstić information content (AvgIpc) is 3.22. The topological polar surface area (TPSA) is 95.2 Å². The van der Waals surface area contributed by atoms with Crippen LogP contribution >= 0.6 is 0 Å². The Bertz CT molecular complexity index is 1230. The molecule has 2 N–H and O–H groups in total. The van der Waals surface area contributed by atoms with E-state index >= 15 is 0 Å². The zero-order valence-electron chi connectivity index (χ0n) is 18.4. The van der Waals surface area contributed by atoms with Crippen LogP contribution in [0.25, 0.3) is 11.0 Å². The highest BCUT2D eigenvalue weighted by atomic mass is 32.2. The number of fused-ring (bicyclic) bond motifs is 1. The Labute approximate surface area is 191 Å². The molecule has 0 aliphatic carbocycles. The molecular formula is C23H26F2N4O3S. The lowest BCUT2D eigenvalue weighted by atomic mass is 9.95. The van der Waals surface area contributed by atoms with Crippen molar-refractivity contribution in [3.8, 4) is 0 Å². The second-order valence-electron chi connectivity index (χ2n) is 8.62. The van der Waals surface area contributed by atoms with Crippen molar-refractivity contribution < 1.29 is 22.0 Å². The van der Waals surface area contributed by atoms with Crippen molar-refractivity contribution in [1.82, 2.24) is 19.6 Å². The number of benzene rings is 2. The van der Waals surface area contributed by atoms with Gasteiger partial charge in [-0.3, -0.25) is 4.79 Å². The van der Waals surface area contributed by atoms with E-state index in [4.69, 9.17) is 0 Å². The molecule has 1 aliphatic rings. The molecule has 1 aliphatic heterocycles. The molecule has 176 valence electrons. The van der Waals surface area contributed by atoms with Crippen molar-refractivity contribution in [2.75, 3.05) is 13.1 Å². The predicted octanol–water partition coefficient (Wildman–Crippen LogP) is 3.76. The number of H-pyrrole nitrogens is 1. The first kappa shape index (κ1) is 23.3. The molecule has 0 saturated carbocycles. The Balaban J connectivity index is 1.43. The van der Waals surface area contributed by atoms with Gasteiger partial charge in [0.2, 0.25) is 15.9 Å². The van der Waals surface area contributed by atoms with Gasteiger partial charge in [0.25, 0.3) is 0 Å². The maximum Gasteiger partial charge on any atom is 0.246 e. The lowest BCUT2D eigenvalue weighted by Crippen LogP contribution is -2.44. The minimum absolute atomic E-state index is 0.0490. The van der Waals surface area contributed by atoms with Gasteiger partial charge in [-0.25, -0.2) is 22.2 Å². The van der Waals surface area contributed by atoms with E-state index in [1.54, 1.807) is 0 Å². The van der Waals surface area contributed by atoms with Gasteiger partial charge in [-0.15, -0.1) is 0 Å². The molecule has 1 atom stereocenters. The third kappa shape index (κ3) is 4.77. The van der Waals surface area contributed by atoms with Gasteiger partial charge in [-0.1, -0.05) is 26.0 Å². The quantitative estimate of drug-likeness (QED) is 0.566. The zero-order valence-corrected chi connectivity index (χ0v) is 19.2. The number of amides is 1. The lowest BCUT2D eigenvalue weighted by Gasteiger charge is -2.32. The number of sulfonamides is 1. The van der Waals surface area contributed by atoms with Crippen LogP contribution in [0.1, 0.15) is 38.6 Å². The van der Waals surface area contributed by atoms with E-state index < -0.39 is 26.6 Å². The van der Waals surface area contributed by atoms with Crippen molar-refractivity contribution in [1.29, 1.82) is 0 Å². The zero-order chi connectivity index (χ0) is 23.8. The Morgan fingerprint density at radius 1 is 1.15 bits per heavy atom. The van der Waals surface area contributed by atoms with Gasteiger partial charge >= 0.3 is 0 Å². The van der Waals surface area contributed by atoms with Gasteiger partial charge in [0, 0.05) is 19.0 Å². The second kappa shape index (κ2) is 9.18. The molecule has 10 heteroatoms. The number of para-hydroxylation sites is 2. The number of rotatable bonds is 6. The van der Waals surface area contributed by atoms with Gasteiger partial charge in [-0.2, -0.15) is 4.31 Å². The molecule has 1 saturated heterocycles. The maximum absolute atomic E-state index is 14.0. The fraction of sp³-hybridized carbons (Fsp3) is 0.391. The van der Waals surface area contributed by atoms with Crippen LogP contribution in [0.3, 0.4) is 0 Å². The van der Waals surface area contributed by atoms with Crippen molar-refractivity contribution >= 4 is 27.0 Å². The highest BCUT2D eigenvalue weighted by Crippen LogP contribution is 2.28. The van der Waals surface area contributed by atoms with Gasteiger partial charge in [0.05, 0.1) is 17.1 Å². The van der Waals surface area contributed by atoms with Crippen LogP contribution in [-0.2, 0) is 14.8 Å². The van der Waals surface area contributed by atoms with Gasteiger partial charge in [0.15, 0.2) is 0 Å². The number of imidazole rings is 1. The van der Waals surface area contributed by atoms with Crippen LogP contribution in [0.4, 0.5) is 8.78 Å². The standard InChI is InChI=1S/C23H26F2N4O3S/c1-14(2)21(22-26-18-5-3-4-6-19(18)27-22)28-23(30)15-9-11-29(12-10-15)33(31,32)20-13-16(24)7-8-17(20)25/h3-8,13-15,21H,9-12H2,1-2H3,(H,26,27)(H,28,30)/t21-/m0/s1. The fourth-order valence-corrected chi connectivity index (χ4v) is 5.66. The fourth-order valence-electron chi connectivity index (χ4n) is 4.11. The Hall–Kier alpha value is -2.85. The van der Waals surface area contributed by atoms with Crippen LogP contribution in [0.15, 0.2) is 47.4 Å². The molecule has 33 heavy (non-hydrogen) atoms. The molecule has 2 aromatic carbocycles. The van der Waals surface area contributed by atoms with Crippen molar-refractivity contribution in [2.45, 2.75) is 37.6 Å². The van der Waals surface area contributed by atoms with E-state index in [2.05, 4.69) is 15.3 Å². The number of piperidine rings is 1. The largest absolute Gasteiger partial charge is 0.346 e. The summed E-state index contributed by atoms with van der Waals surface area (Å²) >= 11 is 0. The molecule has 0 radical (unpaired) electrons. The summed E-state index contributed by atoms with van der Waals surface area (Å²) in [6, 6.07) is 9.65. The normalized spacial score (nSPS) is 16.9. The van der Waals surface area contributed by atoms with Crippen LogP contribution in [-0.4, -0.2) is 41.7 Å². The molecular weight excluding hydrogens is 450 g/mol. The first-order valence-corrected chi connectivity index (χ1v) is 12.3. The molecule has 2 heterocycles. The Morgan fingerprint density at radius 3 is 2.52 bits per heavy atom. The van der Waals surface area contributed by atoms with Crippen LogP contribution in [0.2, 0.25) is 0 Å². The third-order valence-corrected chi connectivity index (χ3v) is 7.92. The Morgan fingerprint density at radius 2 is 1.85 bits per heavy atom. The van der Waals surface area contributed by atoms with Gasteiger partial charge in [-0.05, 0) is 49.1 Å². The van der Waals surface area contributed by atoms with E-state index in [0.29, 0.717) is 11.9 Å². The molecule has 0 bridgehead atoms. The number of halogens is 2. The summed E-state index contributed by atoms with van der Waals surface area (Å²) < 4.78 is 54.2. The summed E-state index contributed by atoms with van der Waals surface area (Å²) in [4.78, 5) is 20.2. The van der Waals surface area contributed by atoms with Gasteiger partial charge < -0.3 is 10.3 Å². The maximum atomic E-state index is 14.0. The Kier molecular flexibility index (Phi) is 6.49. The number of hydrogen-bond acceptors (Lipinski definition) is 4. The van der Waals surface area contributed by atoms with Crippen LogP contribution in [0.5, 0.6) is 0 Å². The molecule has 1 fully saturated rings. The number of hydrogen-bond donors (Lipinski definition) is 2. The number of aromatic amines is 1. The first-order valence-electron chi connectivity index (χ1n) is 10.9. The first-order chi connectivity index (χ1) is 15.7. The molecule has 1 aromatic heterocycles. The van der Waals surface area contributed by atoms with E-state index in [9.17, 15) is 22.0 Å². The van der Waals surface area contributed by atoms with Gasteiger partial charge in [0.1, 0.15) is 22.4 Å². The summed E-state index contributed by atoms with van der Waals surface area (Å²) in [7, 11) is -4.19. The van der Waals surface area contributed by atoms with Crippen molar-refractivity contribution in [3.63, 3.8) is 0 Å². The molecule has 0 unspecified atom stereocenters. The third-order valence-electron chi connectivity index (χ3n) is 6.00. The van der Waals surface area contributed by atoms with E-state index in [0.717, 1.165) is 27.5 Å². The lowest BCUT2D eigenvalue weighted by molar-refractivity contribution is -0.127. The molecule has 7 nitrogen and oxygen atoms in total. The van der Waals surface area contributed by atoms with E-state index in [-0.39, 0.29) is 49.7 Å². The number of carbonyl (C=O) groups excluding carboxylic acids is 1. The summed E-state index contributed by atoms with van der Waals surface area (Å²) in [5, 5.41) is 3.06. The van der Waals surface area contributed by atoms with Crippen LogP contribution < -0.4 is 5.32 Å². The summed E-state index contributed by atoms with van der Waals surface area (Å²) in [6.07, 6.45) is 0.569. The number of nitrogens with zero attached hydrogens (tertiary/aromatic N) is 2. The minimum Gasteiger partial charge on any atom is -0.346 e. The molecule has 0 spiro atoms. The molecule has 3 aromatic rings. The van der Waals surface area contributed by atoms with Crippen molar-refractivity contribution in [3.05, 3.63) is 59.9 Å². The average molecular weight is 477 g/mol. The monoisotopic (exact) mass is 476 g/mol. The highest BCUT2D eigenvalue weighted by molar-refractivity contribution is 7.89. The predicted molar refractivity (Wildman–Crippen MR) is 120 cm³/mol. The summed E-state index contributed by atoms with van der Waals surface area (Å²) in [5.74, 6) is -1.65. The summed E-state index contributed by atoms with van der Waals surface area (Å²) in [5.41, 5.74) is 1.70. The second-order valence-corrected chi connectivity index (χ2v) is 10.5. The minimum atomic E-state index is -4.19. The molecule has 4 rings (SSSR count). The number of aromatic nitrogens is 2. The van der Waals surface area contributed by atoms with E-state index in [1.165, 1.54) is 0 Å². The number of carbonyl (C=O) groups is 1. The molecule has 1 amide bonds. The number of nitrogens with one attached hydrogen (secondary N) is 2. The van der Waals surface area contributed by atoms with E-state index in [1.807, 2.05) is 38.1 Å². The van der Waals surface area contributed by atoms with Crippen LogP contribution in [0, 0.1) is 23.5 Å². The summed E-state index contributed by atoms with van der Waals surface area (Å²) in [6.45, 7) is 4.07. The smallest absolute Gasteiger partial charge is 0.246 e.